The van der Waals surface area contributed by atoms with E-state index < -0.39 is 23.8 Å². The van der Waals surface area contributed by atoms with Crippen LogP contribution in [0.5, 0.6) is 0 Å². The van der Waals surface area contributed by atoms with E-state index in [0.717, 1.165) is 17.8 Å². The fourth-order valence-electron chi connectivity index (χ4n) is 2.14. The molecule has 1 atom stereocenters. The third-order valence-electron chi connectivity index (χ3n) is 3.45. The molecule has 140 valence electrons. The number of rotatable bonds is 6. The van der Waals surface area contributed by atoms with Crippen LogP contribution in [0, 0.1) is 5.82 Å². The molecular formula is C18H14ClFN2O4S. The number of anilines is 1. The summed E-state index contributed by atoms with van der Waals surface area (Å²) in [6, 6.07) is 11.0. The maximum Gasteiger partial charge on any atom is 0.317 e. The van der Waals surface area contributed by atoms with Gasteiger partial charge in [-0.15, -0.1) is 0 Å². The van der Waals surface area contributed by atoms with Crippen LogP contribution in [-0.4, -0.2) is 28.7 Å². The lowest BCUT2D eigenvalue weighted by Crippen LogP contribution is -2.30. The molecule has 3 rings (SSSR count). The monoisotopic (exact) mass is 408 g/mol. The number of ether oxygens (including phenoxy) is 1. The molecule has 1 heterocycles. The van der Waals surface area contributed by atoms with Gasteiger partial charge in [0.2, 0.25) is 0 Å². The van der Waals surface area contributed by atoms with Crippen LogP contribution in [0.1, 0.15) is 6.92 Å². The third kappa shape index (κ3) is 4.99. The van der Waals surface area contributed by atoms with Crippen LogP contribution in [0.25, 0.3) is 11.1 Å². The quantitative estimate of drug-likeness (QED) is 0.484. The molecule has 0 aliphatic carbocycles. The number of carbonyl (C=O) groups excluding carboxylic acids is 2. The Labute approximate surface area is 163 Å². The summed E-state index contributed by atoms with van der Waals surface area (Å²) in [5.74, 6) is -1.81. The summed E-state index contributed by atoms with van der Waals surface area (Å²) in [6.45, 7) is 1.43. The second kappa shape index (κ2) is 8.41. The molecule has 1 N–H and O–H groups in total. The first-order valence-corrected chi connectivity index (χ1v) is 9.22. The molecule has 2 aromatic carbocycles. The van der Waals surface area contributed by atoms with Gasteiger partial charge < -0.3 is 14.5 Å². The Hall–Kier alpha value is -2.58. The first kappa shape index (κ1) is 19.2. The van der Waals surface area contributed by atoms with Gasteiger partial charge in [0.15, 0.2) is 11.7 Å². The van der Waals surface area contributed by atoms with Crippen LogP contribution in [0.2, 0.25) is 5.02 Å². The van der Waals surface area contributed by atoms with Crippen molar-refractivity contribution in [1.29, 1.82) is 0 Å². The molecule has 0 fully saturated rings. The lowest BCUT2D eigenvalue weighted by molar-refractivity contribution is -0.150. The Morgan fingerprint density at radius 2 is 2.11 bits per heavy atom. The summed E-state index contributed by atoms with van der Waals surface area (Å²) in [7, 11) is 0. The molecule has 1 amide bonds. The molecule has 3 aromatic rings. The molecule has 0 radical (unpaired) electrons. The average molecular weight is 409 g/mol. The van der Waals surface area contributed by atoms with Gasteiger partial charge in [0, 0.05) is 5.69 Å². The Morgan fingerprint density at radius 3 is 2.85 bits per heavy atom. The highest BCUT2D eigenvalue weighted by atomic mass is 35.5. The summed E-state index contributed by atoms with van der Waals surface area (Å²) in [5.41, 5.74) is 1.62. The number of esters is 1. The van der Waals surface area contributed by atoms with Gasteiger partial charge in [-0.1, -0.05) is 35.5 Å². The van der Waals surface area contributed by atoms with Gasteiger partial charge in [0.05, 0.1) is 5.02 Å². The van der Waals surface area contributed by atoms with Crippen molar-refractivity contribution < 1.29 is 23.1 Å². The Balaban J connectivity index is 1.50. The van der Waals surface area contributed by atoms with Crippen molar-refractivity contribution >= 4 is 52.0 Å². The number of carbonyl (C=O) groups is 2. The van der Waals surface area contributed by atoms with E-state index >= 15 is 0 Å². The topological polar surface area (TPSA) is 81.4 Å². The number of benzene rings is 2. The molecule has 27 heavy (non-hydrogen) atoms. The second-order valence-electron chi connectivity index (χ2n) is 5.49. The zero-order chi connectivity index (χ0) is 19.4. The van der Waals surface area contributed by atoms with Crippen molar-refractivity contribution in [3.8, 4) is 0 Å². The fourth-order valence-corrected chi connectivity index (χ4v) is 2.94. The van der Waals surface area contributed by atoms with Gasteiger partial charge in [-0.2, -0.15) is 0 Å². The van der Waals surface area contributed by atoms with Crippen molar-refractivity contribution in [3.05, 3.63) is 53.3 Å². The van der Waals surface area contributed by atoms with E-state index in [9.17, 15) is 14.0 Å². The number of nitrogens with one attached hydrogen (secondary N) is 1. The van der Waals surface area contributed by atoms with E-state index in [0.29, 0.717) is 22.0 Å². The Morgan fingerprint density at radius 1 is 1.33 bits per heavy atom. The van der Waals surface area contributed by atoms with Crippen molar-refractivity contribution in [2.75, 3.05) is 11.1 Å². The van der Waals surface area contributed by atoms with Crippen molar-refractivity contribution in [1.82, 2.24) is 4.98 Å². The van der Waals surface area contributed by atoms with Crippen LogP contribution >= 0.6 is 23.4 Å². The first-order valence-electron chi connectivity index (χ1n) is 7.86. The van der Waals surface area contributed by atoms with Crippen molar-refractivity contribution in [2.45, 2.75) is 18.3 Å². The second-order valence-corrected chi connectivity index (χ2v) is 6.82. The van der Waals surface area contributed by atoms with E-state index in [1.807, 2.05) is 12.1 Å². The number of oxazole rings is 1. The van der Waals surface area contributed by atoms with E-state index in [2.05, 4.69) is 10.3 Å². The highest BCUT2D eigenvalue weighted by Crippen LogP contribution is 2.23. The zero-order valence-electron chi connectivity index (χ0n) is 14.1. The lowest BCUT2D eigenvalue weighted by atomic mass is 10.3. The average Bonchev–Trinajstić information content (AvgIpc) is 3.06. The van der Waals surface area contributed by atoms with Gasteiger partial charge in [-0.3, -0.25) is 9.59 Å². The minimum atomic E-state index is -1.04. The predicted molar refractivity (Wildman–Crippen MR) is 100 cm³/mol. The summed E-state index contributed by atoms with van der Waals surface area (Å²) >= 11 is 6.73. The molecular weight excluding hydrogens is 395 g/mol. The molecule has 6 nitrogen and oxygen atoms in total. The largest absolute Gasteiger partial charge is 0.452 e. The van der Waals surface area contributed by atoms with Crippen LogP contribution in [0.3, 0.4) is 0 Å². The molecule has 1 aromatic heterocycles. The lowest BCUT2D eigenvalue weighted by Gasteiger charge is -2.13. The first-order chi connectivity index (χ1) is 12.9. The van der Waals surface area contributed by atoms with E-state index in [1.54, 1.807) is 12.1 Å². The summed E-state index contributed by atoms with van der Waals surface area (Å²) in [4.78, 5) is 28.2. The van der Waals surface area contributed by atoms with Crippen LogP contribution in [-0.2, 0) is 14.3 Å². The zero-order valence-corrected chi connectivity index (χ0v) is 15.6. The molecule has 0 saturated carbocycles. The normalized spacial score (nSPS) is 12.0. The predicted octanol–water partition coefficient (Wildman–Crippen LogP) is 4.28. The number of amides is 1. The number of para-hydroxylation sites is 2. The minimum absolute atomic E-state index is 0.0627. The Kier molecular flexibility index (Phi) is 5.98. The van der Waals surface area contributed by atoms with E-state index in [-0.39, 0.29) is 10.8 Å². The molecule has 0 saturated heterocycles. The number of thioether (sulfide) groups is 1. The van der Waals surface area contributed by atoms with Gasteiger partial charge in [0.25, 0.3) is 11.1 Å². The van der Waals surface area contributed by atoms with Gasteiger partial charge in [-0.05, 0) is 37.3 Å². The summed E-state index contributed by atoms with van der Waals surface area (Å²) in [6.07, 6.45) is -1.04. The highest BCUT2D eigenvalue weighted by Gasteiger charge is 2.19. The van der Waals surface area contributed by atoms with E-state index in [1.165, 1.54) is 19.1 Å². The number of halogens is 2. The summed E-state index contributed by atoms with van der Waals surface area (Å²) < 4.78 is 23.7. The number of aromatic nitrogens is 1. The molecule has 0 aliphatic rings. The van der Waals surface area contributed by atoms with Gasteiger partial charge >= 0.3 is 5.97 Å². The number of fused-ring (bicyclic) bond motifs is 1. The summed E-state index contributed by atoms with van der Waals surface area (Å²) in [5, 5.41) is 2.72. The SMILES string of the molecule is C[C@H](OC(=O)CSc1nc2ccccc2o1)C(=O)Nc1ccc(F)c(Cl)c1. The Bertz CT molecular complexity index is 961. The molecule has 0 spiro atoms. The fraction of sp³-hybridized carbons (Fsp3) is 0.167. The van der Waals surface area contributed by atoms with Crippen LogP contribution < -0.4 is 5.32 Å². The van der Waals surface area contributed by atoms with E-state index in [4.69, 9.17) is 20.8 Å². The third-order valence-corrected chi connectivity index (χ3v) is 4.54. The maximum absolute atomic E-state index is 13.1. The van der Waals surface area contributed by atoms with Crippen molar-refractivity contribution in [3.63, 3.8) is 0 Å². The van der Waals surface area contributed by atoms with Gasteiger partial charge in [0.1, 0.15) is 17.1 Å². The minimum Gasteiger partial charge on any atom is -0.452 e. The number of nitrogens with zero attached hydrogens (tertiary/aromatic N) is 1. The van der Waals surface area contributed by atoms with Crippen LogP contribution in [0.15, 0.2) is 52.1 Å². The molecule has 0 unspecified atom stereocenters. The van der Waals surface area contributed by atoms with Gasteiger partial charge in [-0.25, -0.2) is 9.37 Å². The smallest absolute Gasteiger partial charge is 0.317 e. The standard InChI is InChI=1S/C18H14ClFN2O4S/c1-10(17(24)21-11-6-7-13(20)12(19)8-11)25-16(23)9-27-18-22-14-4-2-3-5-15(14)26-18/h2-8,10H,9H2,1H3,(H,21,24)/t10-/m0/s1. The maximum atomic E-state index is 13.1. The molecule has 0 aliphatic heterocycles. The highest BCUT2D eigenvalue weighted by molar-refractivity contribution is 7.99. The van der Waals surface area contributed by atoms with Crippen LogP contribution in [0.4, 0.5) is 10.1 Å². The molecule has 9 heteroatoms. The molecule has 0 bridgehead atoms. The number of hydrogen-bond acceptors (Lipinski definition) is 6. The van der Waals surface area contributed by atoms with Crippen molar-refractivity contribution in [2.24, 2.45) is 0 Å². The number of hydrogen-bond donors (Lipinski definition) is 1.